The molecule has 0 radical (unpaired) electrons. The van der Waals surface area contributed by atoms with Crippen LogP contribution in [0.4, 0.5) is 0 Å². The van der Waals surface area contributed by atoms with Crippen LogP contribution in [0.15, 0.2) is 48.5 Å². The minimum Gasteiger partial charge on any atom is -0.484 e. The van der Waals surface area contributed by atoms with E-state index in [1.54, 1.807) is 4.90 Å². The fraction of sp³-hybridized carbons (Fsp3) is 0.440. The molecule has 0 saturated carbocycles. The van der Waals surface area contributed by atoms with Crippen LogP contribution in [0, 0.1) is 13.8 Å². The average Bonchev–Trinajstić information content (AvgIpc) is 2.74. The molecule has 0 bridgehead atoms. The van der Waals surface area contributed by atoms with E-state index >= 15 is 0 Å². The van der Waals surface area contributed by atoms with Crippen LogP contribution in [0.3, 0.4) is 0 Å². The molecule has 2 aromatic rings. The van der Waals surface area contributed by atoms with Gasteiger partial charge in [0.15, 0.2) is 6.61 Å². The molecule has 2 atom stereocenters. The second-order valence-corrected chi connectivity index (χ2v) is 7.80. The Morgan fingerprint density at radius 2 is 1.67 bits per heavy atom. The zero-order valence-electron chi connectivity index (χ0n) is 18.8. The Balaban J connectivity index is 2.21. The third kappa shape index (κ3) is 6.61. The number of para-hydroxylation sites is 1. The summed E-state index contributed by atoms with van der Waals surface area (Å²) in [5, 5.41) is 3.02. The summed E-state index contributed by atoms with van der Waals surface area (Å²) in [5.74, 6) is 0.353. The summed E-state index contributed by atoms with van der Waals surface area (Å²) in [6, 6.07) is 15.1. The first kappa shape index (κ1) is 23.5. The van der Waals surface area contributed by atoms with Crippen LogP contribution in [0.1, 0.15) is 50.3 Å². The van der Waals surface area contributed by atoms with E-state index in [1.165, 1.54) is 0 Å². The van der Waals surface area contributed by atoms with Crippen LogP contribution in [0.25, 0.3) is 0 Å². The molecule has 162 valence electrons. The third-order valence-electron chi connectivity index (χ3n) is 5.31. The molecule has 5 heteroatoms. The number of aryl methyl sites for hydroxylation is 2. The second-order valence-electron chi connectivity index (χ2n) is 7.80. The summed E-state index contributed by atoms with van der Waals surface area (Å²) in [7, 11) is 0. The van der Waals surface area contributed by atoms with Gasteiger partial charge in [-0.05, 0) is 50.8 Å². The van der Waals surface area contributed by atoms with E-state index in [4.69, 9.17) is 4.74 Å². The first-order chi connectivity index (χ1) is 14.3. The lowest BCUT2D eigenvalue weighted by Gasteiger charge is -2.31. The molecule has 0 spiro atoms. The predicted octanol–water partition coefficient (Wildman–Crippen LogP) is 4.40. The molecule has 0 fully saturated rings. The highest BCUT2D eigenvalue weighted by atomic mass is 16.5. The van der Waals surface area contributed by atoms with Gasteiger partial charge in [-0.3, -0.25) is 9.59 Å². The van der Waals surface area contributed by atoms with E-state index < -0.39 is 6.04 Å². The lowest BCUT2D eigenvalue weighted by atomic mass is 10.1. The highest BCUT2D eigenvalue weighted by Gasteiger charge is 2.29. The van der Waals surface area contributed by atoms with Gasteiger partial charge < -0.3 is 15.0 Å². The number of benzene rings is 2. The second kappa shape index (κ2) is 11.4. The van der Waals surface area contributed by atoms with Crippen molar-refractivity contribution in [2.45, 2.75) is 66.1 Å². The maximum atomic E-state index is 13.2. The Labute approximate surface area is 180 Å². The topological polar surface area (TPSA) is 58.6 Å². The van der Waals surface area contributed by atoms with Crippen LogP contribution >= 0.6 is 0 Å². The Morgan fingerprint density at radius 3 is 2.27 bits per heavy atom. The van der Waals surface area contributed by atoms with Gasteiger partial charge in [-0.15, -0.1) is 0 Å². The Hall–Kier alpha value is -2.82. The van der Waals surface area contributed by atoms with Crippen LogP contribution < -0.4 is 10.1 Å². The van der Waals surface area contributed by atoms with E-state index in [-0.39, 0.29) is 24.5 Å². The van der Waals surface area contributed by atoms with Gasteiger partial charge in [0.1, 0.15) is 11.8 Å². The molecule has 5 nitrogen and oxygen atoms in total. The van der Waals surface area contributed by atoms with Gasteiger partial charge in [0.2, 0.25) is 5.91 Å². The smallest absolute Gasteiger partial charge is 0.261 e. The van der Waals surface area contributed by atoms with Crippen molar-refractivity contribution < 1.29 is 14.3 Å². The molecule has 1 N–H and O–H groups in total. The number of nitrogens with zero attached hydrogens (tertiary/aromatic N) is 1. The molecule has 0 aliphatic rings. The number of carbonyl (C=O) groups excluding carboxylic acids is 2. The fourth-order valence-corrected chi connectivity index (χ4v) is 3.19. The monoisotopic (exact) mass is 410 g/mol. The zero-order chi connectivity index (χ0) is 22.1. The van der Waals surface area contributed by atoms with Gasteiger partial charge in [-0.25, -0.2) is 0 Å². The molecule has 2 aromatic carbocycles. The molecule has 0 aromatic heterocycles. The molecular weight excluding hydrogens is 376 g/mol. The first-order valence-electron chi connectivity index (χ1n) is 10.7. The quantitative estimate of drug-likeness (QED) is 0.631. The minimum absolute atomic E-state index is 0.0612. The normalized spacial score (nSPS) is 12.7. The van der Waals surface area contributed by atoms with E-state index in [9.17, 15) is 9.59 Å². The Morgan fingerprint density at radius 1 is 1.00 bits per heavy atom. The maximum Gasteiger partial charge on any atom is 0.261 e. The summed E-state index contributed by atoms with van der Waals surface area (Å²) in [6.07, 6.45) is 1.37. The van der Waals surface area contributed by atoms with Crippen molar-refractivity contribution in [3.8, 4) is 5.75 Å². The molecule has 0 saturated heterocycles. The number of ether oxygens (including phenoxy) is 1. The van der Waals surface area contributed by atoms with Gasteiger partial charge in [0, 0.05) is 12.6 Å². The Kier molecular flexibility index (Phi) is 8.90. The van der Waals surface area contributed by atoms with Gasteiger partial charge in [0.05, 0.1) is 0 Å². The summed E-state index contributed by atoms with van der Waals surface area (Å²) >= 11 is 0. The summed E-state index contributed by atoms with van der Waals surface area (Å²) in [4.78, 5) is 27.7. The predicted molar refractivity (Wildman–Crippen MR) is 120 cm³/mol. The average molecular weight is 411 g/mol. The standard InChI is InChI=1S/C25H34N2O3/c1-6-20(5)26-25(29)22(7-2)27(16-21-14-12-18(3)13-15-21)24(28)17-30-23-11-9-8-10-19(23)4/h8-15,20,22H,6-7,16-17H2,1-5H3,(H,26,29)/t20-,22+/m1/s1. The highest BCUT2D eigenvalue weighted by Crippen LogP contribution is 2.18. The van der Waals surface area contributed by atoms with E-state index in [2.05, 4.69) is 5.32 Å². The Bertz CT molecular complexity index is 833. The summed E-state index contributed by atoms with van der Waals surface area (Å²) < 4.78 is 5.79. The van der Waals surface area contributed by atoms with Crippen molar-refractivity contribution in [1.29, 1.82) is 0 Å². The van der Waals surface area contributed by atoms with Gasteiger partial charge in [-0.2, -0.15) is 0 Å². The van der Waals surface area contributed by atoms with Gasteiger partial charge in [0.25, 0.3) is 5.91 Å². The lowest BCUT2D eigenvalue weighted by Crippen LogP contribution is -2.51. The lowest BCUT2D eigenvalue weighted by molar-refractivity contribution is -0.143. The first-order valence-corrected chi connectivity index (χ1v) is 10.7. The minimum atomic E-state index is -0.548. The number of nitrogens with one attached hydrogen (secondary N) is 1. The number of hydrogen-bond acceptors (Lipinski definition) is 3. The van der Waals surface area contributed by atoms with E-state index in [0.717, 1.165) is 23.1 Å². The van der Waals surface area contributed by atoms with Crippen molar-refractivity contribution in [1.82, 2.24) is 10.2 Å². The van der Waals surface area contributed by atoms with Crippen molar-refractivity contribution in [2.24, 2.45) is 0 Å². The SMILES string of the molecule is CC[C@@H](C)NC(=O)[C@H](CC)N(Cc1ccc(C)cc1)C(=O)COc1ccccc1C. The molecular formula is C25H34N2O3. The zero-order valence-corrected chi connectivity index (χ0v) is 18.8. The van der Waals surface area contributed by atoms with Crippen molar-refractivity contribution >= 4 is 11.8 Å². The fourth-order valence-electron chi connectivity index (χ4n) is 3.19. The maximum absolute atomic E-state index is 13.2. The molecule has 30 heavy (non-hydrogen) atoms. The molecule has 0 heterocycles. The number of rotatable bonds is 10. The van der Waals surface area contributed by atoms with Crippen LogP contribution in [-0.4, -0.2) is 35.4 Å². The largest absolute Gasteiger partial charge is 0.484 e. The molecule has 2 rings (SSSR count). The summed E-state index contributed by atoms with van der Waals surface area (Å²) in [6.45, 7) is 10.1. The summed E-state index contributed by atoms with van der Waals surface area (Å²) in [5.41, 5.74) is 3.11. The molecule has 0 aliphatic heterocycles. The van der Waals surface area contributed by atoms with Crippen LogP contribution in [0.5, 0.6) is 5.75 Å². The third-order valence-corrected chi connectivity index (χ3v) is 5.31. The van der Waals surface area contributed by atoms with Crippen molar-refractivity contribution in [3.05, 3.63) is 65.2 Å². The van der Waals surface area contributed by atoms with Crippen LogP contribution in [-0.2, 0) is 16.1 Å². The highest BCUT2D eigenvalue weighted by molar-refractivity contribution is 5.88. The van der Waals surface area contributed by atoms with Crippen LogP contribution in [0.2, 0.25) is 0 Å². The van der Waals surface area contributed by atoms with Gasteiger partial charge in [-0.1, -0.05) is 61.9 Å². The van der Waals surface area contributed by atoms with E-state index in [0.29, 0.717) is 18.7 Å². The van der Waals surface area contributed by atoms with Crippen molar-refractivity contribution in [3.63, 3.8) is 0 Å². The number of hydrogen-bond donors (Lipinski definition) is 1. The van der Waals surface area contributed by atoms with E-state index in [1.807, 2.05) is 83.1 Å². The number of carbonyl (C=O) groups is 2. The molecule has 2 amide bonds. The van der Waals surface area contributed by atoms with Gasteiger partial charge >= 0.3 is 0 Å². The number of amides is 2. The van der Waals surface area contributed by atoms with Crippen molar-refractivity contribution in [2.75, 3.05) is 6.61 Å². The molecule has 0 aliphatic carbocycles. The molecule has 0 unspecified atom stereocenters.